The first-order valence-corrected chi connectivity index (χ1v) is 4.98. The predicted molar refractivity (Wildman–Crippen MR) is 57.0 cm³/mol. The van der Waals surface area contributed by atoms with Gasteiger partial charge in [0, 0.05) is 5.56 Å². The standard InChI is InChI=1S/C11H15NO4/c1-6-4-9(8(3)16-6)7(2)12-10(13)5-11(14)15/h4,7H,5H2,1-3H3,(H,12,13)(H,14,15). The van der Waals surface area contributed by atoms with Crippen LogP contribution in [0.15, 0.2) is 10.5 Å². The van der Waals surface area contributed by atoms with Crippen LogP contribution < -0.4 is 5.32 Å². The minimum atomic E-state index is -1.13. The summed E-state index contributed by atoms with van der Waals surface area (Å²) in [5.41, 5.74) is 0.872. The molecule has 2 N–H and O–H groups in total. The van der Waals surface area contributed by atoms with Crippen molar-refractivity contribution in [1.29, 1.82) is 0 Å². The first kappa shape index (κ1) is 12.3. The highest BCUT2D eigenvalue weighted by Crippen LogP contribution is 2.20. The number of carboxylic acids is 1. The third kappa shape index (κ3) is 3.12. The number of aliphatic carboxylic acids is 1. The minimum absolute atomic E-state index is 0.246. The molecule has 1 heterocycles. The van der Waals surface area contributed by atoms with E-state index in [0.29, 0.717) is 0 Å². The normalized spacial score (nSPS) is 12.2. The molecule has 1 unspecified atom stereocenters. The summed E-state index contributed by atoms with van der Waals surface area (Å²) in [7, 11) is 0. The van der Waals surface area contributed by atoms with Gasteiger partial charge in [-0.2, -0.15) is 0 Å². The van der Waals surface area contributed by atoms with Gasteiger partial charge in [-0.05, 0) is 26.8 Å². The molecular formula is C11H15NO4. The van der Waals surface area contributed by atoms with E-state index in [4.69, 9.17) is 9.52 Å². The Labute approximate surface area is 93.4 Å². The Morgan fingerprint density at radius 2 is 2.12 bits per heavy atom. The van der Waals surface area contributed by atoms with Crippen molar-refractivity contribution in [2.24, 2.45) is 0 Å². The molecule has 0 aromatic carbocycles. The van der Waals surface area contributed by atoms with Crippen molar-refractivity contribution in [2.75, 3.05) is 0 Å². The molecule has 1 atom stereocenters. The van der Waals surface area contributed by atoms with Crippen LogP contribution in [0.25, 0.3) is 0 Å². The van der Waals surface area contributed by atoms with E-state index < -0.39 is 18.3 Å². The predicted octanol–water partition coefficient (Wildman–Crippen LogP) is 1.55. The number of furan rings is 1. The van der Waals surface area contributed by atoms with E-state index >= 15 is 0 Å². The van der Waals surface area contributed by atoms with E-state index in [1.54, 1.807) is 6.92 Å². The van der Waals surface area contributed by atoms with Gasteiger partial charge < -0.3 is 14.8 Å². The fraction of sp³-hybridized carbons (Fsp3) is 0.455. The van der Waals surface area contributed by atoms with Gasteiger partial charge in [-0.1, -0.05) is 0 Å². The summed E-state index contributed by atoms with van der Waals surface area (Å²) in [6.45, 7) is 5.42. The SMILES string of the molecule is Cc1cc(C(C)NC(=O)CC(=O)O)c(C)o1. The molecule has 0 fully saturated rings. The smallest absolute Gasteiger partial charge is 0.312 e. The van der Waals surface area contributed by atoms with Gasteiger partial charge in [0.2, 0.25) is 5.91 Å². The third-order valence-corrected chi connectivity index (χ3v) is 2.24. The summed E-state index contributed by atoms with van der Waals surface area (Å²) < 4.78 is 5.33. The zero-order valence-corrected chi connectivity index (χ0v) is 9.53. The summed E-state index contributed by atoms with van der Waals surface area (Å²) in [4.78, 5) is 21.6. The van der Waals surface area contributed by atoms with Crippen molar-refractivity contribution < 1.29 is 19.1 Å². The van der Waals surface area contributed by atoms with Crippen molar-refractivity contribution in [1.82, 2.24) is 5.32 Å². The maximum Gasteiger partial charge on any atom is 0.312 e. The summed E-state index contributed by atoms with van der Waals surface area (Å²) in [5.74, 6) is -0.129. The number of rotatable bonds is 4. The van der Waals surface area contributed by atoms with Crippen LogP contribution in [0.5, 0.6) is 0 Å². The Hall–Kier alpha value is -1.78. The molecule has 0 aliphatic carbocycles. The fourth-order valence-corrected chi connectivity index (χ4v) is 1.59. The molecule has 0 aliphatic rings. The molecule has 0 radical (unpaired) electrons. The number of carbonyl (C=O) groups is 2. The lowest BCUT2D eigenvalue weighted by Crippen LogP contribution is -2.28. The molecule has 5 nitrogen and oxygen atoms in total. The highest BCUT2D eigenvalue weighted by Gasteiger charge is 2.16. The van der Waals surface area contributed by atoms with Gasteiger partial charge >= 0.3 is 5.97 Å². The van der Waals surface area contributed by atoms with Gasteiger partial charge in [-0.15, -0.1) is 0 Å². The van der Waals surface area contributed by atoms with Crippen LogP contribution in [0, 0.1) is 13.8 Å². The Morgan fingerprint density at radius 3 is 2.56 bits per heavy atom. The Balaban J connectivity index is 2.65. The van der Waals surface area contributed by atoms with E-state index in [1.165, 1.54) is 0 Å². The van der Waals surface area contributed by atoms with Crippen LogP contribution in [-0.4, -0.2) is 17.0 Å². The Kier molecular flexibility index (Phi) is 3.71. The van der Waals surface area contributed by atoms with Crippen molar-refractivity contribution in [3.63, 3.8) is 0 Å². The molecular weight excluding hydrogens is 210 g/mol. The topological polar surface area (TPSA) is 79.5 Å². The third-order valence-electron chi connectivity index (χ3n) is 2.24. The summed E-state index contributed by atoms with van der Waals surface area (Å²) in [6.07, 6.45) is -0.514. The number of aryl methyl sites for hydroxylation is 2. The first-order valence-electron chi connectivity index (χ1n) is 4.98. The van der Waals surface area contributed by atoms with Crippen molar-refractivity contribution >= 4 is 11.9 Å². The molecule has 5 heteroatoms. The van der Waals surface area contributed by atoms with E-state index in [1.807, 2.05) is 19.9 Å². The first-order chi connectivity index (χ1) is 7.40. The average molecular weight is 225 g/mol. The van der Waals surface area contributed by atoms with E-state index in [-0.39, 0.29) is 6.04 Å². The summed E-state index contributed by atoms with van der Waals surface area (Å²) in [6, 6.07) is 1.59. The highest BCUT2D eigenvalue weighted by atomic mass is 16.4. The van der Waals surface area contributed by atoms with Crippen LogP contribution >= 0.6 is 0 Å². The maximum atomic E-state index is 11.2. The molecule has 0 saturated carbocycles. The summed E-state index contributed by atoms with van der Waals surface area (Å²) >= 11 is 0. The van der Waals surface area contributed by atoms with Gasteiger partial charge in [-0.3, -0.25) is 9.59 Å². The molecule has 1 aromatic rings. The lowest BCUT2D eigenvalue weighted by molar-refractivity contribution is -0.140. The van der Waals surface area contributed by atoms with Crippen molar-refractivity contribution in [3.05, 3.63) is 23.2 Å². The van der Waals surface area contributed by atoms with E-state index in [0.717, 1.165) is 17.1 Å². The molecule has 0 saturated heterocycles. The minimum Gasteiger partial charge on any atom is -0.481 e. The Bertz CT molecular complexity index is 408. The molecule has 0 bridgehead atoms. The van der Waals surface area contributed by atoms with E-state index in [2.05, 4.69) is 5.32 Å². The van der Waals surface area contributed by atoms with Crippen LogP contribution in [0.4, 0.5) is 0 Å². The number of hydrogen-bond acceptors (Lipinski definition) is 3. The molecule has 0 aliphatic heterocycles. The molecule has 1 amide bonds. The van der Waals surface area contributed by atoms with Crippen molar-refractivity contribution in [2.45, 2.75) is 33.2 Å². The lowest BCUT2D eigenvalue weighted by Gasteiger charge is -2.12. The number of hydrogen-bond donors (Lipinski definition) is 2. The van der Waals surface area contributed by atoms with Crippen LogP contribution in [0.2, 0.25) is 0 Å². The second-order valence-electron chi connectivity index (χ2n) is 3.73. The molecule has 1 rings (SSSR count). The number of nitrogens with one attached hydrogen (secondary N) is 1. The second kappa shape index (κ2) is 4.83. The van der Waals surface area contributed by atoms with E-state index in [9.17, 15) is 9.59 Å². The second-order valence-corrected chi connectivity index (χ2v) is 3.73. The summed E-state index contributed by atoms with van der Waals surface area (Å²) in [5, 5.41) is 11.0. The molecule has 1 aromatic heterocycles. The van der Waals surface area contributed by atoms with Gasteiger partial charge in [0.05, 0.1) is 6.04 Å². The van der Waals surface area contributed by atoms with Gasteiger partial charge in [0.25, 0.3) is 0 Å². The van der Waals surface area contributed by atoms with Crippen LogP contribution in [0.3, 0.4) is 0 Å². The largest absolute Gasteiger partial charge is 0.481 e. The van der Waals surface area contributed by atoms with Gasteiger partial charge in [-0.25, -0.2) is 0 Å². The fourth-order valence-electron chi connectivity index (χ4n) is 1.59. The Morgan fingerprint density at radius 1 is 1.50 bits per heavy atom. The van der Waals surface area contributed by atoms with Gasteiger partial charge in [0.1, 0.15) is 17.9 Å². The van der Waals surface area contributed by atoms with Crippen LogP contribution in [0.1, 0.15) is 36.5 Å². The molecule has 88 valence electrons. The maximum absolute atomic E-state index is 11.2. The zero-order valence-electron chi connectivity index (χ0n) is 9.53. The number of carbonyl (C=O) groups excluding carboxylic acids is 1. The highest BCUT2D eigenvalue weighted by molar-refractivity contribution is 5.93. The van der Waals surface area contributed by atoms with Crippen molar-refractivity contribution in [3.8, 4) is 0 Å². The monoisotopic (exact) mass is 225 g/mol. The number of carboxylic acid groups (broad SMARTS) is 1. The quantitative estimate of drug-likeness (QED) is 0.762. The van der Waals surface area contributed by atoms with Gasteiger partial charge in [0.15, 0.2) is 0 Å². The molecule has 16 heavy (non-hydrogen) atoms. The lowest BCUT2D eigenvalue weighted by atomic mass is 10.1. The van der Waals surface area contributed by atoms with Crippen LogP contribution in [-0.2, 0) is 9.59 Å². The zero-order chi connectivity index (χ0) is 12.3. The number of amides is 1. The molecule has 0 spiro atoms. The average Bonchev–Trinajstić information content (AvgIpc) is 2.43.